The van der Waals surface area contributed by atoms with E-state index in [1.165, 1.54) is 11.8 Å². The number of benzene rings is 2. The van der Waals surface area contributed by atoms with Gasteiger partial charge in [-0.2, -0.15) is 0 Å². The van der Waals surface area contributed by atoms with Gasteiger partial charge in [-0.3, -0.25) is 9.69 Å². The van der Waals surface area contributed by atoms with Crippen LogP contribution in [0.1, 0.15) is 36.5 Å². The van der Waals surface area contributed by atoms with Gasteiger partial charge in [-0.05, 0) is 61.2 Å². The van der Waals surface area contributed by atoms with Crippen LogP contribution in [-0.4, -0.2) is 23.9 Å². The number of thiocarbonyl (C=S) groups is 1. The predicted molar refractivity (Wildman–Crippen MR) is 125 cm³/mol. The summed E-state index contributed by atoms with van der Waals surface area (Å²) in [7, 11) is 1.62. The van der Waals surface area contributed by atoms with Crippen LogP contribution >= 0.6 is 24.0 Å². The molecule has 0 atom stereocenters. The molecule has 1 aliphatic heterocycles. The molecule has 29 heavy (non-hydrogen) atoms. The van der Waals surface area contributed by atoms with E-state index in [0.29, 0.717) is 27.3 Å². The molecule has 3 rings (SSSR count). The number of hydrogen-bond donors (Lipinski definition) is 0. The summed E-state index contributed by atoms with van der Waals surface area (Å²) in [5, 5.41) is 0. The lowest BCUT2D eigenvalue weighted by Crippen LogP contribution is -2.28. The third-order valence-corrected chi connectivity index (χ3v) is 5.94. The summed E-state index contributed by atoms with van der Waals surface area (Å²) in [6.07, 6.45) is 3.91. The van der Waals surface area contributed by atoms with Gasteiger partial charge in [0.25, 0.3) is 5.91 Å². The van der Waals surface area contributed by atoms with Crippen LogP contribution in [0.3, 0.4) is 0 Å². The zero-order valence-corrected chi connectivity index (χ0v) is 18.8. The molecule has 1 saturated heterocycles. The van der Waals surface area contributed by atoms with Crippen LogP contribution in [0.15, 0.2) is 41.3 Å². The molecule has 0 bridgehead atoms. The lowest BCUT2D eigenvalue weighted by atomic mass is 10.1. The smallest absolute Gasteiger partial charge is 0.270 e. The van der Waals surface area contributed by atoms with Crippen molar-refractivity contribution in [1.29, 1.82) is 0 Å². The van der Waals surface area contributed by atoms with Gasteiger partial charge in [-0.15, -0.1) is 0 Å². The fraction of sp³-hybridized carbons (Fsp3) is 0.304. The Hall–Kier alpha value is -2.31. The first kappa shape index (κ1) is 21.4. The second-order valence-corrected chi connectivity index (χ2v) is 8.60. The number of anilines is 1. The highest BCUT2D eigenvalue weighted by molar-refractivity contribution is 8.27. The van der Waals surface area contributed by atoms with Crippen molar-refractivity contribution in [3.63, 3.8) is 0 Å². The van der Waals surface area contributed by atoms with Crippen molar-refractivity contribution in [2.24, 2.45) is 0 Å². The molecule has 1 heterocycles. The third kappa shape index (κ3) is 4.82. The van der Waals surface area contributed by atoms with E-state index in [4.69, 9.17) is 21.7 Å². The summed E-state index contributed by atoms with van der Waals surface area (Å²) in [6.45, 7) is 6.77. The minimum atomic E-state index is -0.101. The first-order chi connectivity index (χ1) is 13.9. The molecule has 0 aliphatic carbocycles. The number of aryl methyl sites for hydroxylation is 2. The fourth-order valence-electron chi connectivity index (χ4n) is 3.01. The predicted octanol–water partition coefficient (Wildman–Crippen LogP) is 5.90. The number of carbonyl (C=O) groups is 1. The van der Waals surface area contributed by atoms with Crippen LogP contribution in [0.5, 0.6) is 11.5 Å². The van der Waals surface area contributed by atoms with Gasteiger partial charge < -0.3 is 9.47 Å². The summed E-state index contributed by atoms with van der Waals surface area (Å²) in [5.41, 5.74) is 3.81. The number of amides is 1. The van der Waals surface area contributed by atoms with E-state index >= 15 is 0 Å². The highest BCUT2D eigenvalue weighted by Crippen LogP contribution is 2.38. The third-order valence-electron chi connectivity index (χ3n) is 4.64. The summed E-state index contributed by atoms with van der Waals surface area (Å²) in [6, 6.07) is 11.7. The number of rotatable bonds is 7. The number of thioether (sulfide) groups is 1. The molecule has 2 aromatic carbocycles. The van der Waals surface area contributed by atoms with Crippen molar-refractivity contribution in [3.05, 3.63) is 58.0 Å². The molecule has 0 spiro atoms. The molecule has 0 radical (unpaired) electrons. The molecule has 4 nitrogen and oxygen atoms in total. The van der Waals surface area contributed by atoms with Crippen LogP contribution in [0, 0.1) is 13.8 Å². The molecule has 6 heteroatoms. The summed E-state index contributed by atoms with van der Waals surface area (Å²) in [5.74, 6) is 1.26. The average Bonchev–Trinajstić information content (AvgIpc) is 2.98. The normalized spacial score (nSPS) is 15.3. The van der Waals surface area contributed by atoms with Gasteiger partial charge in [0.05, 0.1) is 24.3 Å². The standard InChI is InChI=1S/C23H25NO3S2/c1-5-6-11-27-19-10-9-17(13-20(19)26-4)14-21-22(25)24(23(28)29-21)18-12-15(2)7-8-16(18)3/h7-10,12-14H,5-6,11H2,1-4H3/b21-14-. The van der Waals surface area contributed by atoms with Gasteiger partial charge in [0, 0.05) is 0 Å². The molecule has 152 valence electrons. The van der Waals surface area contributed by atoms with E-state index in [2.05, 4.69) is 6.92 Å². The first-order valence-corrected chi connectivity index (χ1v) is 10.8. The van der Waals surface area contributed by atoms with Gasteiger partial charge in [-0.1, -0.05) is 55.5 Å². The van der Waals surface area contributed by atoms with Gasteiger partial charge in [0.2, 0.25) is 0 Å². The van der Waals surface area contributed by atoms with Gasteiger partial charge >= 0.3 is 0 Å². The largest absolute Gasteiger partial charge is 0.493 e. The zero-order chi connectivity index (χ0) is 21.0. The Morgan fingerprint density at radius 2 is 1.93 bits per heavy atom. The van der Waals surface area contributed by atoms with E-state index < -0.39 is 0 Å². The van der Waals surface area contributed by atoms with Crippen molar-refractivity contribution in [2.45, 2.75) is 33.6 Å². The van der Waals surface area contributed by atoms with Crippen molar-refractivity contribution >= 4 is 46.0 Å². The molecule has 1 fully saturated rings. The van der Waals surface area contributed by atoms with E-state index in [-0.39, 0.29) is 5.91 Å². The van der Waals surface area contributed by atoms with Crippen molar-refractivity contribution < 1.29 is 14.3 Å². The number of nitrogens with zero attached hydrogens (tertiary/aromatic N) is 1. The number of carbonyl (C=O) groups excluding carboxylic acids is 1. The maximum Gasteiger partial charge on any atom is 0.270 e. The van der Waals surface area contributed by atoms with Crippen LogP contribution in [0.25, 0.3) is 6.08 Å². The Bertz CT molecular complexity index is 969. The van der Waals surface area contributed by atoms with Crippen LogP contribution in [-0.2, 0) is 4.79 Å². The highest BCUT2D eigenvalue weighted by atomic mass is 32.2. The quantitative estimate of drug-likeness (QED) is 0.313. The number of methoxy groups -OCH3 is 1. The summed E-state index contributed by atoms with van der Waals surface area (Å²) in [4.78, 5) is 15.3. The van der Waals surface area contributed by atoms with Crippen molar-refractivity contribution in [3.8, 4) is 11.5 Å². The topological polar surface area (TPSA) is 38.8 Å². The maximum absolute atomic E-state index is 13.1. The zero-order valence-electron chi connectivity index (χ0n) is 17.2. The number of unbranched alkanes of at least 4 members (excludes halogenated alkanes) is 1. The van der Waals surface area contributed by atoms with Crippen LogP contribution < -0.4 is 14.4 Å². The minimum Gasteiger partial charge on any atom is -0.493 e. The first-order valence-electron chi connectivity index (χ1n) is 9.60. The Labute approximate surface area is 181 Å². The molecule has 0 unspecified atom stereocenters. The van der Waals surface area contributed by atoms with Gasteiger partial charge in [-0.25, -0.2) is 0 Å². The molecule has 0 saturated carbocycles. The summed E-state index contributed by atoms with van der Waals surface area (Å²) < 4.78 is 11.8. The second kappa shape index (κ2) is 9.46. The van der Waals surface area contributed by atoms with Crippen molar-refractivity contribution in [2.75, 3.05) is 18.6 Å². The molecule has 0 aromatic heterocycles. The van der Waals surface area contributed by atoms with E-state index in [0.717, 1.165) is 35.2 Å². The monoisotopic (exact) mass is 427 g/mol. The van der Waals surface area contributed by atoms with Crippen LogP contribution in [0.2, 0.25) is 0 Å². The molecule has 1 amide bonds. The maximum atomic E-state index is 13.1. The Kier molecular flexibility index (Phi) is 6.98. The van der Waals surface area contributed by atoms with E-state index in [1.807, 2.05) is 56.3 Å². The molecule has 0 N–H and O–H groups in total. The average molecular weight is 428 g/mol. The Balaban J connectivity index is 1.86. The van der Waals surface area contributed by atoms with Crippen LogP contribution in [0.4, 0.5) is 5.69 Å². The van der Waals surface area contributed by atoms with Gasteiger partial charge in [0.1, 0.15) is 0 Å². The van der Waals surface area contributed by atoms with E-state index in [1.54, 1.807) is 12.0 Å². The second-order valence-electron chi connectivity index (χ2n) is 6.92. The molecule has 1 aliphatic rings. The molecule has 2 aromatic rings. The van der Waals surface area contributed by atoms with Crippen molar-refractivity contribution in [1.82, 2.24) is 0 Å². The Morgan fingerprint density at radius 3 is 2.66 bits per heavy atom. The minimum absolute atomic E-state index is 0.101. The fourth-order valence-corrected chi connectivity index (χ4v) is 4.29. The highest BCUT2D eigenvalue weighted by Gasteiger charge is 2.34. The van der Waals surface area contributed by atoms with E-state index in [9.17, 15) is 4.79 Å². The molecular formula is C23H25NO3S2. The Morgan fingerprint density at radius 1 is 1.14 bits per heavy atom. The van der Waals surface area contributed by atoms with Gasteiger partial charge in [0.15, 0.2) is 15.8 Å². The molecular weight excluding hydrogens is 402 g/mol. The summed E-state index contributed by atoms with van der Waals surface area (Å²) >= 11 is 6.82. The number of ether oxygens (including phenoxy) is 2. The lowest BCUT2D eigenvalue weighted by Gasteiger charge is -2.17. The lowest BCUT2D eigenvalue weighted by molar-refractivity contribution is -0.113. The SMILES string of the molecule is CCCCOc1ccc(/C=C2\SC(=S)N(c3cc(C)ccc3C)C2=O)cc1OC. The number of hydrogen-bond acceptors (Lipinski definition) is 5.